The van der Waals surface area contributed by atoms with Crippen LogP contribution in [0.4, 0.5) is 0 Å². The lowest BCUT2D eigenvalue weighted by atomic mass is 9.70. The van der Waals surface area contributed by atoms with Crippen LogP contribution < -0.4 is 5.30 Å². The van der Waals surface area contributed by atoms with Gasteiger partial charge in [0, 0.05) is 5.30 Å². The number of fused-ring (bicyclic) bond motifs is 11. The van der Waals surface area contributed by atoms with Gasteiger partial charge >= 0.3 is 0 Å². The van der Waals surface area contributed by atoms with Crippen molar-refractivity contribution in [2.45, 2.75) is 5.41 Å². The molecule has 45 heavy (non-hydrogen) atoms. The fourth-order valence-electron chi connectivity index (χ4n) is 7.87. The highest BCUT2D eigenvalue weighted by Gasteiger charge is 2.51. The molecule has 0 N–H and O–H groups in total. The van der Waals surface area contributed by atoms with Crippen molar-refractivity contribution in [2.75, 3.05) is 13.3 Å². The Morgan fingerprint density at radius 2 is 0.844 bits per heavy atom. The summed E-state index contributed by atoms with van der Waals surface area (Å²) in [6.07, 6.45) is 0. The maximum atomic E-state index is 12.5. The summed E-state index contributed by atoms with van der Waals surface area (Å²) in [5.74, 6) is 0. The predicted molar refractivity (Wildman–Crippen MR) is 190 cm³/mol. The van der Waals surface area contributed by atoms with Gasteiger partial charge in [0.25, 0.3) is 0 Å². The van der Waals surface area contributed by atoms with Gasteiger partial charge in [-0.3, -0.25) is 0 Å². The monoisotopic (exact) mass is 594 g/mol. The molecule has 0 unspecified atom stereocenters. The molecule has 2 aliphatic rings. The third-order valence-electron chi connectivity index (χ3n) is 10.00. The van der Waals surface area contributed by atoms with E-state index in [4.69, 9.17) is 0 Å². The van der Waals surface area contributed by atoms with Crippen LogP contribution in [0.2, 0.25) is 0 Å². The van der Waals surface area contributed by atoms with E-state index < -0.39 is 7.14 Å². The summed E-state index contributed by atoms with van der Waals surface area (Å²) in [4.78, 5) is 0. The van der Waals surface area contributed by atoms with Gasteiger partial charge in [-0.1, -0.05) is 133 Å². The van der Waals surface area contributed by atoms with Gasteiger partial charge in [-0.25, -0.2) is 0 Å². The normalized spacial score (nSPS) is 13.8. The molecule has 0 atom stereocenters. The Morgan fingerprint density at radius 3 is 1.44 bits per heavy atom. The number of benzene rings is 7. The van der Waals surface area contributed by atoms with Crippen LogP contribution >= 0.6 is 7.14 Å². The lowest BCUT2D eigenvalue weighted by Crippen LogP contribution is -2.25. The van der Waals surface area contributed by atoms with Crippen LogP contribution in [0.25, 0.3) is 55.3 Å². The van der Waals surface area contributed by atoms with Gasteiger partial charge < -0.3 is 4.57 Å². The second-order valence-corrected chi connectivity index (χ2v) is 16.0. The van der Waals surface area contributed by atoms with Gasteiger partial charge in [0.05, 0.1) is 5.41 Å². The fraction of sp³-hybridized carbons (Fsp3) is 0.0698. The molecule has 0 radical (unpaired) electrons. The van der Waals surface area contributed by atoms with E-state index >= 15 is 0 Å². The molecule has 1 spiro atoms. The van der Waals surface area contributed by atoms with Crippen molar-refractivity contribution in [1.82, 2.24) is 0 Å². The maximum absolute atomic E-state index is 12.5. The number of hydrogen-bond acceptors (Lipinski definition) is 1. The summed E-state index contributed by atoms with van der Waals surface area (Å²) in [5.41, 5.74) is 15.0. The van der Waals surface area contributed by atoms with Crippen molar-refractivity contribution in [3.05, 3.63) is 174 Å². The second-order valence-electron chi connectivity index (χ2n) is 12.8. The zero-order chi connectivity index (χ0) is 30.3. The summed E-state index contributed by atoms with van der Waals surface area (Å²) in [5, 5.41) is 3.46. The molecule has 2 heteroatoms. The Labute approximate surface area is 264 Å². The van der Waals surface area contributed by atoms with Crippen LogP contribution in [0.3, 0.4) is 0 Å². The van der Waals surface area contributed by atoms with Gasteiger partial charge in [-0.05, 0) is 109 Å². The van der Waals surface area contributed by atoms with Crippen LogP contribution in [-0.2, 0) is 9.98 Å². The van der Waals surface area contributed by atoms with Crippen LogP contribution in [-0.4, -0.2) is 13.3 Å². The smallest absolute Gasteiger partial charge is 0.109 e. The third kappa shape index (κ3) is 3.78. The molecule has 0 saturated heterocycles. The summed E-state index contributed by atoms with van der Waals surface area (Å²) in [6.45, 7) is 3.64. The van der Waals surface area contributed by atoms with E-state index in [1.807, 2.05) is 25.5 Å². The Morgan fingerprint density at radius 1 is 0.400 bits per heavy atom. The van der Waals surface area contributed by atoms with E-state index in [0.29, 0.717) is 0 Å². The van der Waals surface area contributed by atoms with E-state index in [1.165, 1.54) is 66.4 Å². The van der Waals surface area contributed by atoms with Gasteiger partial charge in [-0.2, -0.15) is 0 Å². The van der Waals surface area contributed by atoms with Crippen molar-refractivity contribution >= 4 is 23.2 Å². The standard InChI is InChI=1S/C43H31OP/c1-45(2,44)34-22-19-29(20-23-34)28-15-17-30(18-16-28)33-21-24-37-38-25-31-9-3-4-10-32(31)26-42(38)43(41(37)27-33)39-13-7-5-11-35(39)36-12-6-8-14-40(36)43/h3-27H,1-2H3. The van der Waals surface area contributed by atoms with Crippen molar-refractivity contribution in [1.29, 1.82) is 0 Å². The quantitative estimate of drug-likeness (QED) is 0.186. The summed E-state index contributed by atoms with van der Waals surface area (Å²) >= 11 is 0. The van der Waals surface area contributed by atoms with Crippen molar-refractivity contribution in [3.8, 4) is 44.5 Å². The minimum Gasteiger partial charge on any atom is -0.319 e. The average Bonchev–Trinajstić information content (AvgIpc) is 3.53. The zero-order valence-corrected chi connectivity index (χ0v) is 26.2. The van der Waals surface area contributed by atoms with Gasteiger partial charge in [0.2, 0.25) is 0 Å². The molecule has 7 aromatic carbocycles. The highest BCUT2D eigenvalue weighted by atomic mass is 31.2. The molecule has 0 bridgehead atoms. The molecule has 2 aliphatic carbocycles. The summed E-state index contributed by atoms with van der Waals surface area (Å²) in [7, 11) is -2.27. The molecule has 1 nitrogen and oxygen atoms in total. The highest BCUT2D eigenvalue weighted by molar-refractivity contribution is 7.70. The first-order valence-electron chi connectivity index (χ1n) is 15.6. The van der Waals surface area contributed by atoms with Crippen molar-refractivity contribution in [2.24, 2.45) is 0 Å². The molecular weight excluding hydrogens is 563 g/mol. The van der Waals surface area contributed by atoms with Crippen molar-refractivity contribution < 1.29 is 4.57 Å². The van der Waals surface area contributed by atoms with Crippen LogP contribution in [0.15, 0.2) is 152 Å². The van der Waals surface area contributed by atoms with E-state index in [2.05, 4.69) is 140 Å². The maximum Gasteiger partial charge on any atom is 0.109 e. The molecule has 7 aromatic rings. The van der Waals surface area contributed by atoms with Gasteiger partial charge in [0.1, 0.15) is 7.14 Å². The van der Waals surface area contributed by atoms with E-state index in [1.54, 1.807) is 0 Å². The first-order chi connectivity index (χ1) is 21.9. The number of hydrogen-bond donors (Lipinski definition) is 0. The summed E-state index contributed by atoms with van der Waals surface area (Å²) in [6, 6.07) is 55.7. The molecule has 0 fully saturated rings. The molecule has 0 heterocycles. The Bertz CT molecular complexity index is 2310. The number of rotatable bonds is 3. The molecule has 0 aliphatic heterocycles. The van der Waals surface area contributed by atoms with Gasteiger partial charge in [0.15, 0.2) is 0 Å². The molecule has 0 aromatic heterocycles. The first kappa shape index (κ1) is 26.4. The lowest BCUT2D eigenvalue weighted by Gasteiger charge is -2.31. The minimum absolute atomic E-state index is 0.377. The van der Waals surface area contributed by atoms with Crippen LogP contribution in [0, 0.1) is 0 Å². The van der Waals surface area contributed by atoms with E-state index in [0.717, 1.165) is 16.4 Å². The molecular formula is C43H31OP. The van der Waals surface area contributed by atoms with Gasteiger partial charge in [-0.15, -0.1) is 0 Å². The van der Waals surface area contributed by atoms with E-state index in [-0.39, 0.29) is 5.41 Å². The second kappa shape index (κ2) is 9.51. The Kier molecular flexibility index (Phi) is 5.59. The lowest BCUT2D eigenvalue weighted by molar-refractivity contribution is 0.588. The first-order valence-corrected chi connectivity index (χ1v) is 18.2. The molecule has 0 amide bonds. The predicted octanol–water partition coefficient (Wildman–Crippen LogP) is 10.8. The molecule has 214 valence electrons. The zero-order valence-electron chi connectivity index (χ0n) is 25.3. The SMILES string of the molecule is CP(C)(=O)c1ccc(-c2ccc(-c3ccc4c(c3)C3(c5ccccc5-c5ccccc53)c3cc5ccccc5cc3-4)cc2)cc1. The van der Waals surface area contributed by atoms with E-state index in [9.17, 15) is 4.57 Å². The minimum atomic E-state index is -2.27. The highest BCUT2D eigenvalue weighted by Crippen LogP contribution is 2.63. The fourth-order valence-corrected chi connectivity index (χ4v) is 8.74. The average molecular weight is 595 g/mol. The van der Waals surface area contributed by atoms with Crippen LogP contribution in [0.1, 0.15) is 22.3 Å². The largest absolute Gasteiger partial charge is 0.319 e. The topological polar surface area (TPSA) is 17.1 Å². The Hall–Kier alpha value is -4.97. The molecule has 9 rings (SSSR count). The van der Waals surface area contributed by atoms with Crippen molar-refractivity contribution in [3.63, 3.8) is 0 Å². The van der Waals surface area contributed by atoms with Crippen LogP contribution in [0.5, 0.6) is 0 Å². The third-order valence-corrected chi connectivity index (χ3v) is 11.5. The summed E-state index contributed by atoms with van der Waals surface area (Å²) < 4.78 is 12.5. The molecule has 0 saturated carbocycles. The Balaban J connectivity index is 1.24.